The zero-order valence-corrected chi connectivity index (χ0v) is 14.1. The van der Waals surface area contributed by atoms with Crippen LogP contribution in [0, 0.1) is 6.92 Å². The van der Waals surface area contributed by atoms with Crippen molar-refractivity contribution >= 4 is 37.8 Å². The fourth-order valence-corrected chi connectivity index (χ4v) is 3.57. The van der Waals surface area contributed by atoms with Gasteiger partial charge < -0.3 is 10.4 Å². The smallest absolute Gasteiger partial charge is 0.335 e. The normalized spacial score (nSPS) is 11.5. The first kappa shape index (κ1) is 17.6. The Hall–Kier alpha value is -1.45. The highest BCUT2D eigenvalue weighted by atomic mass is 79.9. The van der Waals surface area contributed by atoms with E-state index in [1.807, 2.05) is 0 Å². The molecule has 21 heavy (non-hydrogen) atoms. The first-order valence-electron chi connectivity index (χ1n) is 5.81. The van der Waals surface area contributed by atoms with Crippen LogP contribution in [0.2, 0.25) is 0 Å². The first-order chi connectivity index (χ1) is 9.61. The van der Waals surface area contributed by atoms with Gasteiger partial charge in [0.2, 0.25) is 15.9 Å². The molecule has 0 atom stereocenters. The van der Waals surface area contributed by atoms with Gasteiger partial charge in [-0.2, -0.15) is 4.31 Å². The molecule has 1 amide bonds. The molecule has 0 saturated heterocycles. The van der Waals surface area contributed by atoms with E-state index in [0.29, 0.717) is 10.0 Å². The lowest BCUT2D eigenvalue weighted by atomic mass is 10.1. The zero-order valence-electron chi connectivity index (χ0n) is 11.7. The van der Waals surface area contributed by atoms with Crippen LogP contribution < -0.4 is 5.32 Å². The highest BCUT2D eigenvalue weighted by molar-refractivity contribution is 9.10. The van der Waals surface area contributed by atoms with Crippen LogP contribution in [0.3, 0.4) is 0 Å². The molecule has 0 aromatic heterocycles. The number of rotatable bonds is 5. The third kappa shape index (κ3) is 3.80. The van der Waals surface area contributed by atoms with Gasteiger partial charge in [0, 0.05) is 18.6 Å². The lowest BCUT2D eigenvalue weighted by Gasteiger charge is -2.18. The number of hydrogen-bond acceptors (Lipinski definition) is 4. The monoisotopic (exact) mass is 378 g/mol. The van der Waals surface area contributed by atoms with Crippen LogP contribution in [0.4, 0.5) is 0 Å². The van der Waals surface area contributed by atoms with Crippen molar-refractivity contribution in [2.45, 2.75) is 11.8 Å². The molecular formula is C12H15BrN2O5S. The molecule has 1 aromatic rings. The predicted molar refractivity (Wildman–Crippen MR) is 79.7 cm³/mol. The van der Waals surface area contributed by atoms with E-state index in [-0.39, 0.29) is 17.0 Å². The van der Waals surface area contributed by atoms with Crippen molar-refractivity contribution in [2.75, 3.05) is 20.6 Å². The van der Waals surface area contributed by atoms with E-state index in [0.717, 1.165) is 10.4 Å². The molecule has 0 unspecified atom stereocenters. The molecular weight excluding hydrogens is 364 g/mol. The van der Waals surface area contributed by atoms with Crippen LogP contribution in [0.25, 0.3) is 0 Å². The minimum absolute atomic E-state index is 0.152. The maximum Gasteiger partial charge on any atom is 0.335 e. The standard InChI is InChI=1S/C12H15BrN2O5S/c1-7-9(13)4-8(12(17)18)5-10(7)21(19,20)15(3)6-11(16)14-2/h4-5H,6H2,1-3H3,(H,14,16)(H,17,18). The van der Waals surface area contributed by atoms with Crippen LogP contribution in [0.5, 0.6) is 0 Å². The fraction of sp³-hybridized carbons (Fsp3) is 0.333. The van der Waals surface area contributed by atoms with Gasteiger partial charge in [-0.25, -0.2) is 13.2 Å². The second-order valence-corrected chi connectivity index (χ2v) is 7.19. The number of sulfonamides is 1. The Bertz CT molecular complexity index is 687. The lowest BCUT2D eigenvalue weighted by Crippen LogP contribution is -2.37. The average molecular weight is 379 g/mol. The number of aromatic carboxylic acids is 1. The van der Waals surface area contributed by atoms with Gasteiger partial charge in [0.05, 0.1) is 17.0 Å². The van der Waals surface area contributed by atoms with Gasteiger partial charge in [0.25, 0.3) is 0 Å². The molecule has 0 heterocycles. The average Bonchev–Trinajstić information content (AvgIpc) is 2.40. The molecule has 0 saturated carbocycles. The first-order valence-corrected chi connectivity index (χ1v) is 8.05. The molecule has 9 heteroatoms. The number of nitrogens with one attached hydrogen (secondary N) is 1. The van der Waals surface area contributed by atoms with Crippen molar-refractivity contribution in [2.24, 2.45) is 0 Å². The number of carboxylic acids is 1. The molecule has 0 aliphatic rings. The fourth-order valence-electron chi connectivity index (χ4n) is 1.58. The summed E-state index contributed by atoms with van der Waals surface area (Å²) in [7, 11) is -1.32. The Morgan fingerprint density at radius 1 is 1.38 bits per heavy atom. The second kappa shape index (κ2) is 6.54. The number of halogens is 1. The summed E-state index contributed by atoms with van der Waals surface area (Å²) >= 11 is 3.15. The Labute approximate surface area is 131 Å². The van der Waals surface area contributed by atoms with Crippen LogP contribution in [0.15, 0.2) is 21.5 Å². The van der Waals surface area contributed by atoms with Gasteiger partial charge in [0.15, 0.2) is 0 Å². The summed E-state index contributed by atoms with van der Waals surface area (Å²) in [6.07, 6.45) is 0. The lowest BCUT2D eigenvalue weighted by molar-refractivity contribution is -0.120. The van der Waals surface area contributed by atoms with Gasteiger partial charge in [0.1, 0.15) is 0 Å². The van der Waals surface area contributed by atoms with E-state index in [1.54, 1.807) is 6.92 Å². The number of carbonyl (C=O) groups excluding carboxylic acids is 1. The van der Waals surface area contributed by atoms with Gasteiger partial charge >= 0.3 is 5.97 Å². The Kier molecular flexibility index (Phi) is 5.48. The number of carbonyl (C=O) groups is 2. The summed E-state index contributed by atoms with van der Waals surface area (Å²) in [4.78, 5) is 22.2. The van der Waals surface area contributed by atoms with Crippen LogP contribution in [-0.4, -0.2) is 50.3 Å². The Morgan fingerprint density at radius 3 is 2.43 bits per heavy atom. The van der Waals surface area contributed by atoms with Crippen molar-refractivity contribution in [3.05, 3.63) is 27.7 Å². The topological polar surface area (TPSA) is 104 Å². The van der Waals surface area contributed by atoms with E-state index in [9.17, 15) is 18.0 Å². The van der Waals surface area contributed by atoms with Gasteiger partial charge in [-0.15, -0.1) is 0 Å². The number of carboxylic acid groups (broad SMARTS) is 1. The molecule has 0 fully saturated rings. The second-order valence-electron chi connectivity index (χ2n) is 4.32. The van der Waals surface area contributed by atoms with E-state index < -0.39 is 21.9 Å². The summed E-state index contributed by atoms with van der Waals surface area (Å²) < 4.78 is 26.2. The number of likely N-dealkylation sites (N-methyl/N-ethyl adjacent to an activating group) is 2. The summed E-state index contributed by atoms with van der Waals surface area (Å²) in [6.45, 7) is 1.20. The van der Waals surface area contributed by atoms with E-state index in [2.05, 4.69) is 21.2 Å². The van der Waals surface area contributed by atoms with Crippen LogP contribution >= 0.6 is 15.9 Å². The molecule has 0 aliphatic carbocycles. The number of nitrogens with zero attached hydrogens (tertiary/aromatic N) is 1. The maximum atomic E-state index is 12.5. The van der Waals surface area contributed by atoms with Gasteiger partial charge in [-0.1, -0.05) is 15.9 Å². The maximum absolute atomic E-state index is 12.5. The van der Waals surface area contributed by atoms with E-state index >= 15 is 0 Å². The van der Waals surface area contributed by atoms with Crippen LogP contribution in [0.1, 0.15) is 15.9 Å². The SMILES string of the molecule is CNC(=O)CN(C)S(=O)(=O)c1cc(C(=O)O)cc(Br)c1C. The summed E-state index contributed by atoms with van der Waals surface area (Å²) in [6, 6.07) is 2.41. The Morgan fingerprint density at radius 2 is 1.95 bits per heavy atom. The van der Waals surface area contributed by atoms with Crippen molar-refractivity contribution in [3.63, 3.8) is 0 Å². The van der Waals surface area contributed by atoms with Crippen molar-refractivity contribution < 1.29 is 23.1 Å². The molecule has 0 spiro atoms. The third-order valence-corrected chi connectivity index (χ3v) is 5.63. The number of hydrogen-bond donors (Lipinski definition) is 2. The molecule has 0 aliphatic heterocycles. The molecule has 0 bridgehead atoms. The largest absolute Gasteiger partial charge is 0.478 e. The zero-order chi connectivity index (χ0) is 16.4. The molecule has 0 radical (unpaired) electrons. The van der Waals surface area contributed by atoms with Crippen molar-refractivity contribution in [3.8, 4) is 0 Å². The summed E-state index contributed by atoms with van der Waals surface area (Å²) in [5.41, 5.74) is 0.225. The van der Waals surface area contributed by atoms with Crippen molar-refractivity contribution in [1.82, 2.24) is 9.62 Å². The van der Waals surface area contributed by atoms with Crippen LogP contribution in [-0.2, 0) is 14.8 Å². The van der Waals surface area contributed by atoms with E-state index in [1.165, 1.54) is 20.2 Å². The number of amides is 1. The molecule has 116 valence electrons. The molecule has 7 nitrogen and oxygen atoms in total. The molecule has 1 aromatic carbocycles. The van der Waals surface area contributed by atoms with E-state index in [4.69, 9.17) is 5.11 Å². The number of benzene rings is 1. The van der Waals surface area contributed by atoms with Gasteiger partial charge in [-0.3, -0.25) is 4.79 Å². The predicted octanol–water partition coefficient (Wildman–Crippen LogP) is 0.822. The minimum atomic E-state index is -3.97. The third-order valence-electron chi connectivity index (χ3n) is 2.88. The molecule has 2 N–H and O–H groups in total. The summed E-state index contributed by atoms with van der Waals surface area (Å²) in [5.74, 6) is -1.70. The highest BCUT2D eigenvalue weighted by Gasteiger charge is 2.26. The van der Waals surface area contributed by atoms with Crippen molar-refractivity contribution in [1.29, 1.82) is 0 Å². The summed E-state index contributed by atoms with van der Waals surface area (Å²) in [5, 5.41) is 11.3. The minimum Gasteiger partial charge on any atom is -0.478 e. The molecule has 1 rings (SSSR count). The highest BCUT2D eigenvalue weighted by Crippen LogP contribution is 2.27. The Balaban J connectivity index is 3.37. The van der Waals surface area contributed by atoms with Gasteiger partial charge in [-0.05, 0) is 24.6 Å². The quantitative estimate of drug-likeness (QED) is 0.789.